The second-order valence-electron chi connectivity index (χ2n) is 6.82. The van der Waals surface area contributed by atoms with E-state index in [0.29, 0.717) is 23.5 Å². The van der Waals surface area contributed by atoms with E-state index in [4.69, 9.17) is 26.7 Å². The van der Waals surface area contributed by atoms with E-state index in [1.165, 1.54) is 0 Å². The largest absolute Gasteiger partial charge is 0.393 e. The molecule has 28 heavy (non-hydrogen) atoms. The van der Waals surface area contributed by atoms with E-state index in [1.54, 1.807) is 7.11 Å². The second-order valence-corrected chi connectivity index (χ2v) is 7.26. The maximum absolute atomic E-state index is 10.1. The normalized spacial score (nSPS) is 22.1. The Hall–Kier alpha value is -2.38. The molecule has 3 atom stereocenters. The van der Waals surface area contributed by atoms with Crippen LogP contribution in [0.5, 0.6) is 0 Å². The van der Waals surface area contributed by atoms with Gasteiger partial charge in [-0.3, -0.25) is 0 Å². The summed E-state index contributed by atoms with van der Waals surface area (Å²) in [6.45, 7) is 0. The van der Waals surface area contributed by atoms with Crippen LogP contribution in [-0.4, -0.2) is 45.5 Å². The maximum atomic E-state index is 10.1. The SMILES string of the molecule is CO[C@@H]1C[C@H](O)C[C@@H](C(=S)c2nc(-c3ccccc3)c(-c3ccccc3)[nH]2)O1. The van der Waals surface area contributed by atoms with Crippen molar-refractivity contribution in [2.24, 2.45) is 0 Å². The van der Waals surface area contributed by atoms with E-state index in [2.05, 4.69) is 4.98 Å². The smallest absolute Gasteiger partial charge is 0.160 e. The molecule has 0 unspecified atom stereocenters. The van der Waals surface area contributed by atoms with Crippen LogP contribution < -0.4 is 0 Å². The molecule has 1 fully saturated rings. The fraction of sp³-hybridized carbons (Fsp3) is 0.273. The molecule has 4 rings (SSSR count). The highest BCUT2D eigenvalue weighted by atomic mass is 32.1. The van der Waals surface area contributed by atoms with Gasteiger partial charge in [-0.25, -0.2) is 4.98 Å². The minimum absolute atomic E-state index is 0.429. The van der Waals surface area contributed by atoms with Crippen molar-refractivity contribution in [2.75, 3.05) is 7.11 Å². The lowest BCUT2D eigenvalue weighted by molar-refractivity contribution is -0.185. The molecule has 0 amide bonds. The molecule has 144 valence electrons. The molecule has 0 bridgehead atoms. The zero-order valence-electron chi connectivity index (χ0n) is 15.5. The lowest BCUT2D eigenvalue weighted by atomic mass is 10.0. The summed E-state index contributed by atoms with van der Waals surface area (Å²) in [6.07, 6.45) is -0.538. The molecule has 1 aliphatic rings. The Morgan fingerprint density at radius 2 is 1.71 bits per heavy atom. The number of hydrogen-bond acceptors (Lipinski definition) is 5. The van der Waals surface area contributed by atoms with Crippen LogP contribution in [0.4, 0.5) is 0 Å². The topological polar surface area (TPSA) is 67.4 Å². The molecule has 1 aromatic heterocycles. The van der Waals surface area contributed by atoms with Crippen molar-refractivity contribution in [3.63, 3.8) is 0 Å². The Morgan fingerprint density at radius 1 is 1.07 bits per heavy atom. The number of benzene rings is 2. The summed E-state index contributed by atoms with van der Waals surface area (Å²) in [5.74, 6) is 0.585. The predicted octanol–water partition coefficient (Wildman–Crippen LogP) is 3.97. The number of thiocarbonyl (C=S) groups is 1. The van der Waals surface area contributed by atoms with Crippen LogP contribution in [0.25, 0.3) is 22.5 Å². The molecule has 0 saturated carbocycles. The Kier molecular flexibility index (Phi) is 5.64. The van der Waals surface area contributed by atoms with E-state index in [0.717, 1.165) is 22.5 Å². The zero-order valence-corrected chi connectivity index (χ0v) is 16.4. The molecule has 2 N–H and O–H groups in total. The number of aliphatic hydroxyl groups is 1. The molecule has 1 aliphatic heterocycles. The summed E-state index contributed by atoms with van der Waals surface area (Å²) in [5, 5.41) is 10.1. The van der Waals surface area contributed by atoms with Crippen molar-refractivity contribution in [1.29, 1.82) is 0 Å². The number of imidazole rings is 1. The summed E-state index contributed by atoms with van der Waals surface area (Å²) < 4.78 is 11.2. The van der Waals surface area contributed by atoms with Gasteiger partial charge < -0.3 is 19.6 Å². The zero-order chi connectivity index (χ0) is 19.5. The van der Waals surface area contributed by atoms with Crippen molar-refractivity contribution >= 4 is 17.1 Å². The number of ether oxygens (including phenoxy) is 2. The van der Waals surface area contributed by atoms with Crippen LogP contribution >= 0.6 is 12.2 Å². The standard InChI is InChI=1S/C22H22N2O3S/c1-26-18-13-16(25)12-17(27-18)21(28)22-23-19(14-8-4-2-5-9-14)20(24-22)15-10-6-3-7-11-15/h2-11,16-18,25H,12-13H2,1H3,(H,23,24)/t16-,17+,18+/m1/s1. The molecule has 6 heteroatoms. The number of aromatic nitrogens is 2. The first-order chi connectivity index (χ1) is 13.7. The van der Waals surface area contributed by atoms with Crippen molar-refractivity contribution < 1.29 is 14.6 Å². The van der Waals surface area contributed by atoms with Crippen molar-refractivity contribution in [3.8, 4) is 22.5 Å². The minimum Gasteiger partial charge on any atom is -0.393 e. The quantitative estimate of drug-likeness (QED) is 0.506. The van der Waals surface area contributed by atoms with Gasteiger partial charge in [-0.2, -0.15) is 0 Å². The lowest BCUT2D eigenvalue weighted by Crippen LogP contribution is -2.40. The molecular formula is C22H22N2O3S. The first-order valence-corrected chi connectivity index (χ1v) is 9.68. The molecule has 2 aromatic carbocycles. The number of nitrogens with one attached hydrogen (secondary N) is 1. The lowest BCUT2D eigenvalue weighted by Gasteiger charge is -2.32. The third-order valence-electron chi connectivity index (χ3n) is 4.87. The number of H-pyrrole nitrogens is 1. The number of nitrogens with zero attached hydrogens (tertiary/aromatic N) is 1. The summed E-state index contributed by atoms with van der Waals surface area (Å²) >= 11 is 5.68. The van der Waals surface area contributed by atoms with Crippen LogP contribution in [0.2, 0.25) is 0 Å². The fourth-order valence-electron chi connectivity index (χ4n) is 3.44. The highest BCUT2D eigenvalue weighted by Crippen LogP contribution is 2.31. The summed E-state index contributed by atoms with van der Waals surface area (Å²) in [6, 6.07) is 20.0. The fourth-order valence-corrected chi connectivity index (χ4v) is 3.69. The Labute approximate surface area is 169 Å². The van der Waals surface area contributed by atoms with Crippen molar-refractivity contribution in [3.05, 3.63) is 66.5 Å². The monoisotopic (exact) mass is 394 g/mol. The Balaban J connectivity index is 1.72. The highest BCUT2D eigenvalue weighted by Gasteiger charge is 2.33. The molecule has 0 aliphatic carbocycles. The predicted molar refractivity (Wildman–Crippen MR) is 112 cm³/mol. The van der Waals surface area contributed by atoms with E-state index in [1.807, 2.05) is 60.7 Å². The van der Waals surface area contributed by atoms with Gasteiger partial charge in [0.1, 0.15) is 11.9 Å². The van der Waals surface area contributed by atoms with Gasteiger partial charge in [-0.1, -0.05) is 72.9 Å². The van der Waals surface area contributed by atoms with Crippen LogP contribution in [0.3, 0.4) is 0 Å². The third-order valence-corrected chi connectivity index (χ3v) is 5.33. The molecule has 3 aromatic rings. The maximum Gasteiger partial charge on any atom is 0.160 e. The minimum atomic E-state index is -0.515. The molecule has 2 heterocycles. The second kappa shape index (κ2) is 8.32. The number of methoxy groups -OCH3 is 1. The summed E-state index contributed by atoms with van der Waals surface area (Å²) in [7, 11) is 1.57. The molecule has 0 spiro atoms. The van der Waals surface area contributed by atoms with Gasteiger partial charge >= 0.3 is 0 Å². The average Bonchev–Trinajstić information content (AvgIpc) is 3.19. The van der Waals surface area contributed by atoms with Gasteiger partial charge in [0, 0.05) is 31.1 Å². The third kappa shape index (κ3) is 3.91. The summed E-state index contributed by atoms with van der Waals surface area (Å²) in [4.78, 5) is 8.74. The van der Waals surface area contributed by atoms with E-state index in [9.17, 15) is 5.11 Å². The summed E-state index contributed by atoms with van der Waals surface area (Å²) in [5.41, 5.74) is 3.78. The molecule has 1 saturated heterocycles. The number of aliphatic hydroxyl groups excluding tert-OH is 1. The van der Waals surface area contributed by atoms with E-state index >= 15 is 0 Å². The first-order valence-electron chi connectivity index (χ1n) is 9.27. The number of hydrogen-bond donors (Lipinski definition) is 2. The van der Waals surface area contributed by atoms with Gasteiger partial charge in [0.05, 0.1) is 22.4 Å². The van der Waals surface area contributed by atoms with Crippen LogP contribution in [0.15, 0.2) is 60.7 Å². The molecule has 0 radical (unpaired) electrons. The first kappa shape index (κ1) is 19.0. The highest BCUT2D eigenvalue weighted by molar-refractivity contribution is 7.81. The van der Waals surface area contributed by atoms with Crippen LogP contribution in [0.1, 0.15) is 18.7 Å². The molecule has 5 nitrogen and oxygen atoms in total. The number of rotatable bonds is 5. The van der Waals surface area contributed by atoms with Gasteiger partial charge in [0.15, 0.2) is 6.29 Å². The van der Waals surface area contributed by atoms with Gasteiger partial charge in [0.2, 0.25) is 0 Å². The van der Waals surface area contributed by atoms with Crippen molar-refractivity contribution in [2.45, 2.75) is 31.3 Å². The van der Waals surface area contributed by atoms with Gasteiger partial charge in [0.25, 0.3) is 0 Å². The average molecular weight is 394 g/mol. The number of aromatic amines is 1. The van der Waals surface area contributed by atoms with Gasteiger partial charge in [-0.15, -0.1) is 0 Å². The van der Waals surface area contributed by atoms with E-state index in [-0.39, 0.29) is 0 Å². The van der Waals surface area contributed by atoms with Crippen LogP contribution in [-0.2, 0) is 9.47 Å². The van der Waals surface area contributed by atoms with E-state index < -0.39 is 18.5 Å². The van der Waals surface area contributed by atoms with Crippen molar-refractivity contribution in [1.82, 2.24) is 9.97 Å². The Bertz CT molecular complexity index is 886. The van der Waals surface area contributed by atoms with Crippen LogP contribution in [0, 0.1) is 0 Å². The molecular weight excluding hydrogens is 372 g/mol. The van der Waals surface area contributed by atoms with Gasteiger partial charge in [-0.05, 0) is 0 Å². The Morgan fingerprint density at radius 3 is 2.36 bits per heavy atom.